The maximum Gasteiger partial charge on any atom is 0.139 e. The van der Waals surface area contributed by atoms with Gasteiger partial charge in [0.25, 0.3) is 0 Å². The Hall–Kier alpha value is -1.62. The Bertz CT molecular complexity index is 576. The molecule has 4 nitrogen and oxygen atoms in total. The number of hydrogen-bond donors (Lipinski definition) is 2. The van der Waals surface area contributed by atoms with Gasteiger partial charge < -0.3 is 10.6 Å². The lowest BCUT2D eigenvalue weighted by Gasteiger charge is -2.14. The third-order valence-corrected chi connectivity index (χ3v) is 4.12. The average Bonchev–Trinajstić information content (AvgIpc) is 3.18. The van der Waals surface area contributed by atoms with E-state index in [1.54, 1.807) is 11.3 Å². The summed E-state index contributed by atoms with van der Waals surface area (Å²) in [7, 11) is 0. The second-order valence-electron chi connectivity index (χ2n) is 5.24. The lowest BCUT2D eigenvalue weighted by molar-refractivity contribution is 0.903. The minimum Gasteiger partial charge on any atom is -0.370 e. The van der Waals surface area contributed by atoms with E-state index in [-0.39, 0.29) is 0 Å². The fourth-order valence-corrected chi connectivity index (χ4v) is 2.66. The molecule has 3 rings (SSSR count). The summed E-state index contributed by atoms with van der Waals surface area (Å²) in [5.41, 5.74) is 2.19. The molecule has 2 N–H and O–H groups in total. The number of hydrogen-bond acceptors (Lipinski definition) is 5. The van der Waals surface area contributed by atoms with E-state index in [1.807, 2.05) is 0 Å². The number of aromatic nitrogens is 2. The Morgan fingerprint density at radius 1 is 1.30 bits per heavy atom. The van der Waals surface area contributed by atoms with Crippen LogP contribution in [0.15, 0.2) is 16.8 Å². The van der Waals surface area contributed by atoms with E-state index in [2.05, 4.69) is 41.3 Å². The minimum atomic E-state index is 0.556. The zero-order valence-electron chi connectivity index (χ0n) is 11.9. The second kappa shape index (κ2) is 5.79. The van der Waals surface area contributed by atoms with Crippen molar-refractivity contribution in [2.24, 2.45) is 0 Å². The van der Waals surface area contributed by atoms with Crippen LogP contribution in [0.3, 0.4) is 0 Å². The van der Waals surface area contributed by atoms with Crippen LogP contribution in [0.1, 0.15) is 43.5 Å². The van der Waals surface area contributed by atoms with Crippen LogP contribution in [0.25, 0.3) is 0 Å². The molecule has 5 heteroatoms. The average molecular weight is 288 g/mol. The van der Waals surface area contributed by atoms with Gasteiger partial charge in [0.05, 0.1) is 5.69 Å². The van der Waals surface area contributed by atoms with Gasteiger partial charge in [0.1, 0.15) is 17.5 Å². The molecule has 0 radical (unpaired) electrons. The van der Waals surface area contributed by atoms with Gasteiger partial charge in [-0.1, -0.05) is 6.92 Å². The molecule has 0 aromatic carbocycles. The van der Waals surface area contributed by atoms with Crippen molar-refractivity contribution in [2.45, 2.75) is 39.0 Å². The van der Waals surface area contributed by atoms with E-state index in [0.29, 0.717) is 5.92 Å². The van der Waals surface area contributed by atoms with Crippen LogP contribution in [-0.4, -0.2) is 16.5 Å². The predicted molar refractivity (Wildman–Crippen MR) is 85.1 cm³/mol. The van der Waals surface area contributed by atoms with Crippen LogP contribution in [0.2, 0.25) is 0 Å². The van der Waals surface area contributed by atoms with E-state index >= 15 is 0 Å². The highest BCUT2D eigenvalue weighted by Crippen LogP contribution is 2.39. The van der Waals surface area contributed by atoms with Crippen molar-refractivity contribution in [1.29, 1.82) is 0 Å². The SMILES string of the molecule is CCCNc1nc(C2CC2)nc(Nc2ccsc2)c1C. The molecule has 1 saturated carbocycles. The first-order valence-corrected chi connectivity index (χ1v) is 8.14. The molecule has 0 atom stereocenters. The van der Waals surface area contributed by atoms with Gasteiger partial charge >= 0.3 is 0 Å². The highest BCUT2D eigenvalue weighted by molar-refractivity contribution is 7.08. The van der Waals surface area contributed by atoms with Crippen molar-refractivity contribution in [1.82, 2.24) is 9.97 Å². The molecule has 2 aromatic heterocycles. The molecule has 0 aliphatic heterocycles. The van der Waals surface area contributed by atoms with Crippen LogP contribution >= 0.6 is 11.3 Å². The third-order valence-electron chi connectivity index (χ3n) is 3.43. The minimum absolute atomic E-state index is 0.556. The quantitative estimate of drug-likeness (QED) is 0.832. The molecular weight excluding hydrogens is 268 g/mol. The maximum atomic E-state index is 4.72. The van der Waals surface area contributed by atoms with Crippen molar-refractivity contribution in [3.05, 3.63) is 28.2 Å². The first-order valence-electron chi connectivity index (χ1n) is 7.19. The smallest absolute Gasteiger partial charge is 0.139 e. The molecule has 1 aliphatic rings. The van der Waals surface area contributed by atoms with E-state index in [0.717, 1.165) is 41.7 Å². The molecule has 0 bridgehead atoms. The maximum absolute atomic E-state index is 4.72. The topological polar surface area (TPSA) is 49.8 Å². The van der Waals surface area contributed by atoms with Gasteiger partial charge in [-0.3, -0.25) is 0 Å². The van der Waals surface area contributed by atoms with Gasteiger partial charge in [0.15, 0.2) is 0 Å². The van der Waals surface area contributed by atoms with E-state index in [1.165, 1.54) is 12.8 Å². The molecule has 1 aliphatic carbocycles. The lowest BCUT2D eigenvalue weighted by atomic mass is 10.2. The normalized spacial score (nSPS) is 14.3. The molecule has 106 valence electrons. The van der Waals surface area contributed by atoms with Crippen molar-refractivity contribution < 1.29 is 0 Å². The van der Waals surface area contributed by atoms with Gasteiger partial charge in [-0.2, -0.15) is 11.3 Å². The zero-order chi connectivity index (χ0) is 13.9. The summed E-state index contributed by atoms with van der Waals surface area (Å²) >= 11 is 1.68. The number of nitrogens with one attached hydrogen (secondary N) is 2. The molecule has 0 saturated heterocycles. The number of thiophene rings is 1. The van der Waals surface area contributed by atoms with Crippen LogP contribution in [0, 0.1) is 6.92 Å². The van der Waals surface area contributed by atoms with Gasteiger partial charge in [-0.05, 0) is 37.6 Å². The van der Waals surface area contributed by atoms with Crippen LogP contribution in [0.4, 0.5) is 17.3 Å². The summed E-state index contributed by atoms with van der Waals surface area (Å²) in [6.07, 6.45) is 3.53. The Labute approximate surface area is 123 Å². The largest absolute Gasteiger partial charge is 0.370 e. The lowest BCUT2D eigenvalue weighted by Crippen LogP contribution is -2.09. The van der Waals surface area contributed by atoms with E-state index < -0.39 is 0 Å². The summed E-state index contributed by atoms with van der Waals surface area (Å²) in [5.74, 6) is 3.44. The van der Waals surface area contributed by atoms with Gasteiger partial charge in [-0.15, -0.1) is 0 Å². The van der Waals surface area contributed by atoms with Gasteiger partial charge in [-0.25, -0.2) is 9.97 Å². The van der Waals surface area contributed by atoms with Gasteiger partial charge in [0, 0.05) is 23.4 Å². The standard InChI is InChI=1S/C15H20N4S/c1-3-7-16-13-10(2)14(17-12-6-8-20-9-12)19-15(18-13)11-4-5-11/h6,8-9,11H,3-5,7H2,1-2H3,(H2,16,17,18,19). The molecule has 2 aromatic rings. The Morgan fingerprint density at radius 2 is 2.10 bits per heavy atom. The Balaban J connectivity index is 1.91. The highest BCUT2D eigenvalue weighted by Gasteiger charge is 2.28. The Morgan fingerprint density at radius 3 is 2.75 bits per heavy atom. The summed E-state index contributed by atoms with van der Waals surface area (Å²) in [5, 5.41) is 11.0. The molecule has 0 unspecified atom stereocenters. The number of nitrogens with zero attached hydrogens (tertiary/aromatic N) is 2. The summed E-state index contributed by atoms with van der Waals surface area (Å²) < 4.78 is 0. The summed E-state index contributed by atoms with van der Waals surface area (Å²) in [6.45, 7) is 5.18. The molecule has 2 heterocycles. The fraction of sp³-hybridized carbons (Fsp3) is 0.467. The first-order chi connectivity index (χ1) is 9.78. The zero-order valence-corrected chi connectivity index (χ0v) is 12.8. The van der Waals surface area contributed by atoms with Crippen LogP contribution in [-0.2, 0) is 0 Å². The van der Waals surface area contributed by atoms with Crippen molar-refractivity contribution in [3.63, 3.8) is 0 Å². The molecule has 20 heavy (non-hydrogen) atoms. The predicted octanol–water partition coefficient (Wildman–Crippen LogP) is 4.29. The third kappa shape index (κ3) is 2.93. The second-order valence-corrected chi connectivity index (χ2v) is 6.02. The molecule has 0 amide bonds. The molecular formula is C15H20N4S. The van der Waals surface area contributed by atoms with Crippen molar-refractivity contribution in [3.8, 4) is 0 Å². The van der Waals surface area contributed by atoms with E-state index in [9.17, 15) is 0 Å². The van der Waals surface area contributed by atoms with E-state index in [4.69, 9.17) is 9.97 Å². The molecule has 0 spiro atoms. The van der Waals surface area contributed by atoms with Crippen molar-refractivity contribution >= 4 is 28.7 Å². The number of rotatable bonds is 6. The highest BCUT2D eigenvalue weighted by atomic mass is 32.1. The fourth-order valence-electron chi connectivity index (χ4n) is 2.07. The summed E-state index contributed by atoms with van der Waals surface area (Å²) in [4.78, 5) is 9.42. The van der Waals surface area contributed by atoms with Crippen LogP contribution in [0.5, 0.6) is 0 Å². The van der Waals surface area contributed by atoms with Gasteiger partial charge in [0.2, 0.25) is 0 Å². The molecule has 1 fully saturated rings. The monoisotopic (exact) mass is 288 g/mol. The van der Waals surface area contributed by atoms with Crippen LogP contribution < -0.4 is 10.6 Å². The Kier molecular flexibility index (Phi) is 3.87. The van der Waals surface area contributed by atoms with Crippen molar-refractivity contribution in [2.75, 3.05) is 17.2 Å². The first kappa shape index (κ1) is 13.4. The number of anilines is 3. The summed E-state index contributed by atoms with van der Waals surface area (Å²) in [6, 6.07) is 2.07.